The number of nitrogens with one attached hydrogen (secondary N) is 1. The number of nitrogens with zero attached hydrogens (tertiary/aromatic N) is 1. The molecule has 0 saturated carbocycles. The van der Waals surface area contributed by atoms with Crippen molar-refractivity contribution in [3.8, 4) is 0 Å². The highest BCUT2D eigenvalue weighted by Crippen LogP contribution is 2.00. The van der Waals surface area contributed by atoms with Crippen LogP contribution in [0.5, 0.6) is 0 Å². The van der Waals surface area contributed by atoms with Gasteiger partial charge < -0.3 is 10.4 Å². The van der Waals surface area contributed by atoms with Crippen LogP contribution in [0.4, 0.5) is 0 Å². The summed E-state index contributed by atoms with van der Waals surface area (Å²) in [5.41, 5.74) is 0. The van der Waals surface area contributed by atoms with Crippen LogP contribution in [-0.4, -0.2) is 49.2 Å². The van der Waals surface area contributed by atoms with Crippen molar-refractivity contribution in [2.24, 2.45) is 0 Å². The summed E-state index contributed by atoms with van der Waals surface area (Å²) in [6, 6.07) is -0.349. The molecule has 0 amide bonds. The van der Waals surface area contributed by atoms with Crippen LogP contribution in [0.1, 0.15) is 13.3 Å². The van der Waals surface area contributed by atoms with E-state index < -0.39 is 5.97 Å². The highest BCUT2D eigenvalue weighted by atomic mass is 16.4. The summed E-state index contributed by atoms with van der Waals surface area (Å²) in [6.45, 7) is 3.47. The smallest absolute Gasteiger partial charge is 0.320 e. The van der Waals surface area contributed by atoms with Crippen molar-refractivity contribution >= 4 is 5.97 Å². The zero-order valence-electron chi connectivity index (χ0n) is 8.00. The number of aliphatic carboxylic acids is 1. The van der Waals surface area contributed by atoms with Gasteiger partial charge in [-0.3, -0.25) is 9.69 Å². The normalized spacial score (nSPS) is 13.3. The monoisotopic (exact) mass is 174 g/mol. The summed E-state index contributed by atoms with van der Waals surface area (Å²) in [5.74, 6) is -0.740. The van der Waals surface area contributed by atoms with Crippen molar-refractivity contribution in [3.63, 3.8) is 0 Å². The lowest BCUT2D eigenvalue weighted by Gasteiger charge is -2.22. The molecule has 4 nitrogen and oxygen atoms in total. The molecule has 0 radical (unpaired) electrons. The first-order valence-corrected chi connectivity index (χ1v) is 4.21. The SMILES string of the molecule is CCC(C(=O)O)N(C)CCNC. The topological polar surface area (TPSA) is 52.6 Å². The molecule has 0 aromatic rings. The maximum atomic E-state index is 10.7. The molecule has 0 aliphatic carbocycles. The third-order valence-electron chi connectivity index (χ3n) is 1.92. The summed E-state index contributed by atoms with van der Waals surface area (Å²) in [7, 11) is 3.69. The predicted octanol–water partition coefficient (Wildman–Crippen LogP) is 0.000800. The van der Waals surface area contributed by atoms with Gasteiger partial charge in [0, 0.05) is 13.1 Å². The largest absolute Gasteiger partial charge is 0.480 e. The molecule has 2 N–H and O–H groups in total. The Kier molecular flexibility index (Phi) is 5.66. The number of hydrogen-bond acceptors (Lipinski definition) is 3. The lowest BCUT2D eigenvalue weighted by molar-refractivity contribution is -0.142. The van der Waals surface area contributed by atoms with Gasteiger partial charge in [-0.25, -0.2) is 0 Å². The summed E-state index contributed by atoms with van der Waals surface area (Å²) < 4.78 is 0. The summed E-state index contributed by atoms with van der Waals surface area (Å²) in [6.07, 6.45) is 0.648. The van der Waals surface area contributed by atoms with Crippen molar-refractivity contribution in [2.75, 3.05) is 27.2 Å². The van der Waals surface area contributed by atoms with Crippen LogP contribution in [0, 0.1) is 0 Å². The van der Waals surface area contributed by atoms with Crippen molar-refractivity contribution in [3.05, 3.63) is 0 Å². The number of carbonyl (C=O) groups is 1. The minimum absolute atomic E-state index is 0.349. The zero-order chi connectivity index (χ0) is 9.56. The fourth-order valence-electron chi connectivity index (χ4n) is 1.12. The second-order valence-electron chi connectivity index (χ2n) is 2.85. The van der Waals surface area contributed by atoms with Gasteiger partial charge in [-0.1, -0.05) is 6.92 Å². The van der Waals surface area contributed by atoms with E-state index in [1.165, 1.54) is 0 Å². The predicted molar refractivity (Wildman–Crippen MR) is 48.3 cm³/mol. The van der Waals surface area contributed by atoms with Gasteiger partial charge in [-0.15, -0.1) is 0 Å². The van der Waals surface area contributed by atoms with Crippen molar-refractivity contribution in [1.29, 1.82) is 0 Å². The van der Waals surface area contributed by atoms with Crippen molar-refractivity contribution in [2.45, 2.75) is 19.4 Å². The van der Waals surface area contributed by atoms with E-state index in [1.54, 1.807) is 0 Å². The molecular weight excluding hydrogens is 156 g/mol. The molecule has 0 spiro atoms. The van der Waals surface area contributed by atoms with E-state index in [4.69, 9.17) is 5.11 Å². The van der Waals surface area contributed by atoms with Gasteiger partial charge in [0.2, 0.25) is 0 Å². The van der Waals surface area contributed by atoms with Gasteiger partial charge in [0.05, 0.1) is 0 Å². The third-order valence-corrected chi connectivity index (χ3v) is 1.92. The van der Waals surface area contributed by atoms with Crippen LogP contribution in [0.15, 0.2) is 0 Å². The van der Waals surface area contributed by atoms with Crippen LogP contribution < -0.4 is 5.32 Å². The molecule has 12 heavy (non-hydrogen) atoms. The number of hydrogen-bond donors (Lipinski definition) is 2. The van der Waals surface area contributed by atoms with Gasteiger partial charge in [-0.05, 0) is 20.5 Å². The zero-order valence-corrected chi connectivity index (χ0v) is 8.00. The molecule has 0 aliphatic rings. The lowest BCUT2D eigenvalue weighted by atomic mass is 10.2. The molecule has 0 fully saturated rings. The number of carboxylic acids is 1. The molecule has 72 valence electrons. The van der Waals surface area contributed by atoms with Crippen LogP contribution in [0.2, 0.25) is 0 Å². The lowest BCUT2D eigenvalue weighted by Crippen LogP contribution is -2.41. The van der Waals surface area contributed by atoms with Crippen molar-refractivity contribution < 1.29 is 9.90 Å². The quantitative estimate of drug-likeness (QED) is 0.595. The Morgan fingerprint density at radius 1 is 1.67 bits per heavy atom. The number of likely N-dealkylation sites (N-methyl/N-ethyl adjacent to an activating group) is 2. The van der Waals surface area contributed by atoms with Crippen molar-refractivity contribution in [1.82, 2.24) is 10.2 Å². The van der Waals surface area contributed by atoms with Crippen LogP contribution >= 0.6 is 0 Å². The molecule has 0 heterocycles. The van der Waals surface area contributed by atoms with Gasteiger partial charge in [-0.2, -0.15) is 0 Å². The second-order valence-corrected chi connectivity index (χ2v) is 2.85. The Morgan fingerprint density at radius 3 is 2.58 bits per heavy atom. The first-order valence-electron chi connectivity index (χ1n) is 4.21. The van der Waals surface area contributed by atoms with E-state index in [9.17, 15) is 4.79 Å². The second kappa shape index (κ2) is 5.97. The van der Waals surface area contributed by atoms with E-state index in [-0.39, 0.29) is 6.04 Å². The van der Waals surface area contributed by atoms with E-state index in [2.05, 4.69) is 5.32 Å². The van der Waals surface area contributed by atoms with Crippen LogP contribution in [0.25, 0.3) is 0 Å². The maximum Gasteiger partial charge on any atom is 0.320 e. The average molecular weight is 174 g/mol. The Hall–Kier alpha value is -0.610. The molecule has 0 aromatic carbocycles. The molecule has 0 bridgehead atoms. The van der Waals surface area contributed by atoms with E-state index in [0.717, 1.165) is 13.1 Å². The molecule has 1 unspecified atom stereocenters. The first-order chi connectivity index (χ1) is 5.63. The highest BCUT2D eigenvalue weighted by molar-refractivity contribution is 5.73. The molecular formula is C8H18N2O2. The van der Waals surface area contributed by atoms with Crippen LogP contribution in [0.3, 0.4) is 0 Å². The standard InChI is InChI=1S/C8H18N2O2/c1-4-7(8(11)12)10(3)6-5-9-2/h7,9H,4-6H2,1-3H3,(H,11,12). The molecule has 0 aliphatic heterocycles. The third kappa shape index (κ3) is 3.69. The molecule has 4 heteroatoms. The minimum atomic E-state index is -0.740. The Morgan fingerprint density at radius 2 is 2.25 bits per heavy atom. The van der Waals surface area contributed by atoms with Gasteiger partial charge in [0.1, 0.15) is 6.04 Å². The molecule has 0 saturated heterocycles. The fraction of sp³-hybridized carbons (Fsp3) is 0.875. The molecule has 0 rings (SSSR count). The van der Waals surface area contributed by atoms with Gasteiger partial charge in [0.25, 0.3) is 0 Å². The minimum Gasteiger partial charge on any atom is -0.480 e. The average Bonchev–Trinajstić information content (AvgIpc) is 2.01. The Bertz CT molecular complexity index is 139. The molecule has 0 aromatic heterocycles. The highest BCUT2D eigenvalue weighted by Gasteiger charge is 2.19. The Balaban J connectivity index is 3.85. The molecule has 1 atom stereocenters. The van der Waals surface area contributed by atoms with E-state index in [0.29, 0.717) is 6.42 Å². The number of carboxylic acid groups (broad SMARTS) is 1. The summed E-state index contributed by atoms with van der Waals surface area (Å²) in [4.78, 5) is 12.5. The maximum absolute atomic E-state index is 10.7. The van der Waals surface area contributed by atoms with E-state index >= 15 is 0 Å². The summed E-state index contributed by atoms with van der Waals surface area (Å²) in [5, 5.41) is 11.8. The number of rotatable bonds is 6. The van der Waals surface area contributed by atoms with Crippen LogP contribution in [-0.2, 0) is 4.79 Å². The Labute approximate surface area is 73.6 Å². The fourth-order valence-corrected chi connectivity index (χ4v) is 1.12. The summed E-state index contributed by atoms with van der Waals surface area (Å²) >= 11 is 0. The van der Waals surface area contributed by atoms with Gasteiger partial charge >= 0.3 is 5.97 Å². The van der Waals surface area contributed by atoms with E-state index in [1.807, 2.05) is 25.9 Å². The first kappa shape index (κ1) is 11.4. The van der Waals surface area contributed by atoms with Gasteiger partial charge in [0.15, 0.2) is 0 Å².